The summed E-state index contributed by atoms with van der Waals surface area (Å²) in [5.41, 5.74) is 18.3. The van der Waals surface area contributed by atoms with Crippen LogP contribution in [0.1, 0.15) is 247 Å². The van der Waals surface area contributed by atoms with E-state index < -0.39 is 62.8 Å². The van der Waals surface area contributed by atoms with Crippen molar-refractivity contribution >= 4 is 188 Å². The Morgan fingerprint density at radius 1 is 0.340 bits per heavy atom. The van der Waals surface area contributed by atoms with E-state index in [-0.39, 0.29) is 93.1 Å². The predicted octanol–water partition coefficient (Wildman–Crippen LogP) is 20.6. The normalized spacial score (nSPS) is 11.4. The van der Waals surface area contributed by atoms with Crippen molar-refractivity contribution < 1.29 is 119 Å². The lowest BCUT2D eigenvalue weighted by molar-refractivity contribution is -0.154. The molecule has 0 aliphatic heterocycles. The molecule has 6 N–H and O–H groups in total. The lowest BCUT2D eigenvalue weighted by Crippen LogP contribution is -2.37. The standard InChI is InChI=1S/C22H30N2O5S.C21H28N2O5S.C20H26N2O5S.C13H19NO4S.C9H13ClN2O2S.C9H14N2O2S.C7H10N2O2S/c1-8-28-18(25)22(5,6)17-14-30-19(23-17)24(20(26)29-21(2,3)4)13-15-9-11-16(27-7)12-10-15;1-7-27-18(24)14(2)17-13-29-19(22-17)23(20(25)28-21(3,4)5)12-15-8-10-16(26-6)11-9-15;1-6-26-17(23)11-15-13-28-18(21-15)22(19(24)27-20(2,3)4)12-14-7-9-16(25-5)10-8-14;1-5-17-11(15)6-9-8-19-10(14-9)7-12(16)18-13(2,3)4;1-4-14-7(13)9(2,3)5-6(10)15-8(11)12-5;1-4-13-7(12)9(2,3)6-5-14-8(10)11-6;1-2-11-6(10)3-5-4-12-7(8)9-5/h9-12,14H,8,13H2,1-7H3;8-11,13-14H,7,12H2,1-6H3;7-10,13H,6,11-12H2,1-5H3;8H,5-7H2,1-4H3;4H2,1-3H3,(H2,11,12);5H,4H2,1-3H3,(H2,10,11);4H,2-3H2,1H3,(H2,8,9). The van der Waals surface area contributed by atoms with Crippen LogP contribution >= 0.6 is 91.0 Å². The molecular formula is C101H140ClN13O25S7. The number of hydrogen-bond acceptors (Lipinski definition) is 42. The van der Waals surface area contributed by atoms with Crippen LogP contribution in [0.3, 0.4) is 0 Å². The summed E-state index contributed by atoms with van der Waals surface area (Å²) in [6.07, 6.45) is -0.966. The van der Waals surface area contributed by atoms with Crippen molar-refractivity contribution in [3.05, 3.63) is 171 Å². The third kappa shape index (κ3) is 45.1. The summed E-state index contributed by atoms with van der Waals surface area (Å²) >= 11 is 14.9. The maximum absolute atomic E-state index is 12.9. The number of nitrogens with two attached hydrogens (primary N) is 3. The average molecular weight is 2200 g/mol. The quantitative estimate of drug-likeness (QED) is 0.0245. The van der Waals surface area contributed by atoms with Gasteiger partial charge in [-0.2, -0.15) is 0 Å². The molecule has 0 saturated carbocycles. The first-order chi connectivity index (χ1) is 68.7. The molecule has 147 heavy (non-hydrogen) atoms. The smallest absolute Gasteiger partial charge is 0.416 e. The van der Waals surface area contributed by atoms with Crippen LogP contribution in [0.15, 0.2) is 105 Å². The van der Waals surface area contributed by atoms with Crippen LogP contribution in [-0.4, -0.2) is 191 Å². The van der Waals surface area contributed by atoms with E-state index >= 15 is 0 Å². The molecule has 7 heterocycles. The predicted molar refractivity (Wildman–Crippen MR) is 574 cm³/mol. The fourth-order valence-corrected chi connectivity index (χ4v) is 17.5. The number of nitrogen functional groups attached to an aromatic ring is 3. The number of hydrogen-bond donors (Lipinski definition) is 3. The van der Waals surface area contributed by atoms with Gasteiger partial charge in [-0.05, 0) is 233 Å². The number of benzene rings is 3. The summed E-state index contributed by atoms with van der Waals surface area (Å²) in [7, 11) is 4.80. The second-order valence-electron chi connectivity index (χ2n) is 36.8. The number of anilines is 6. The number of amides is 3. The molecule has 0 saturated heterocycles. The molecule has 0 aliphatic carbocycles. The second kappa shape index (κ2) is 60.3. The molecule has 808 valence electrons. The van der Waals surface area contributed by atoms with Crippen molar-refractivity contribution in [3.63, 3.8) is 0 Å². The number of halogens is 1. The van der Waals surface area contributed by atoms with Crippen LogP contribution in [-0.2, 0) is 152 Å². The van der Waals surface area contributed by atoms with E-state index in [1.165, 1.54) is 82.7 Å². The Kier molecular flexibility index (Phi) is 52.1. The van der Waals surface area contributed by atoms with Gasteiger partial charge in [-0.3, -0.25) is 38.4 Å². The summed E-state index contributed by atoms with van der Waals surface area (Å²) in [5.74, 6) is -0.874. The van der Waals surface area contributed by atoms with Crippen LogP contribution in [0.2, 0.25) is 4.34 Å². The third-order valence-electron chi connectivity index (χ3n) is 18.8. The fourth-order valence-electron chi connectivity index (χ4n) is 11.5. The molecule has 7 aromatic heterocycles. The van der Waals surface area contributed by atoms with Gasteiger partial charge in [0.25, 0.3) is 0 Å². The van der Waals surface area contributed by atoms with Gasteiger partial charge < -0.3 is 83.5 Å². The van der Waals surface area contributed by atoms with Crippen LogP contribution in [0.4, 0.5) is 45.2 Å². The van der Waals surface area contributed by atoms with Gasteiger partial charge in [0, 0.05) is 32.3 Å². The summed E-state index contributed by atoms with van der Waals surface area (Å²) < 4.78 is 72.6. The minimum atomic E-state index is -0.926. The van der Waals surface area contributed by atoms with Crippen molar-refractivity contribution in [1.82, 2.24) is 34.9 Å². The number of thiazole rings is 7. The summed E-state index contributed by atoms with van der Waals surface area (Å²) in [6.45, 7) is 49.5. The molecule has 0 aliphatic rings. The summed E-state index contributed by atoms with van der Waals surface area (Å²) in [5, 5.41) is 13.9. The van der Waals surface area contributed by atoms with Crippen LogP contribution in [0.25, 0.3) is 0 Å². The zero-order valence-electron chi connectivity index (χ0n) is 89.0. The molecule has 38 nitrogen and oxygen atoms in total. The Morgan fingerprint density at radius 2 is 0.660 bits per heavy atom. The fraction of sp³-hybridized carbons (Fsp3) is 0.505. The molecule has 3 amide bonds. The number of carbonyl (C=O) groups is 11. The van der Waals surface area contributed by atoms with E-state index in [2.05, 4.69) is 34.9 Å². The number of ether oxygens (including phenoxy) is 14. The molecule has 1 atom stereocenters. The number of methoxy groups -OCH3 is 3. The first-order valence-corrected chi connectivity index (χ1v) is 53.1. The number of nitrogens with zero attached hydrogens (tertiary/aromatic N) is 10. The van der Waals surface area contributed by atoms with E-state index in [1.807, 2.05) is 156 Å². The molecule has 3 aromatic carbocycles. The zero-order chi connectivity index (χ0) is 111. The Balaban J connectivity index is 0.000000366. The Morgan fingerprint density at radius 3 is 1.01 bits per heavy atom. The lowest BCUT2D eigenvalue weighted by atomic mass is 9.90. The van der Waals surface area contributed by atoms with Gasteiger partial charge in [-0.15, -0.1) is 68.0 Å². The van der Waals surface area contributed by atoms with E-state index in [9.17, 15) is 52.7 Å². The van der Waals surface area contributed by atoms with Crippen LogP contribution < -0.4 is 46.1 Å². The minimum Gasteiger partial charge on any atom is -0.497 e. The first-order valence-electron chi connectivity index (χ1n) is 46.6. The number of esters is 8. The number of carbonyl (C=O) groups excluding carboxylic acids is 11. The molecule has 0 bridgehead atoms. The monoisotopic (exact) mass is 2190 g/mol. The van der Waals surface area contributed by atoms with E-state index in [1.54, 1.807) is 151 Å². The second-order valence-corrected chi connectivity index (χ2v) is 43.7. The van der Waals surface area contributed by atoms with Gasteiger partial charge in [0.2, 0.25) is 0 Å². The van der Waals surface area contributed by atoms with Crippen molar-refractivity contribution in [1.29, 1.82) is 0 Å². The maximum atomic E-state index is 12.9. The Labute approximate surface area is 893 Å². The number of rotatable bonds is 35. The van der Waals surface area contributed by atoms with Gasteiger partial charge in [0.15, 0.2) is 30.8 Å². The SMILES string of the molecule is CCOC(=O)C(C)(C)c1csc(N(Cc2ccc(OC)cc2)C(=O)OC(C)(C)C)n1.CCOC(=O)C(C)(C)c1csc(N)n1.CCOC(=O)C(C)(C)c1nc(N)sc1Cl.CCOC(=O)C(C)c1csc(N(Cc2ccc(OC)cc2)C(=O)OC(C)(C)C)n1.CCOC(=O)Cc1csc(CC(=O)OC(C)(C)C)n1.CCOC(=O)Cc1csc(N(Cc2ccc(OC)cc2)C(=O)OC(C)(C)C)n1.CCOC(=O)Cc1csc(N)n1. The van der Waals surface area contributed by atoms with E-state index in [0.717, 1.165) is 45.3 Å². The molecule has 46 heteroatoms. The van der Waals surface area contributed by atoms with Crippen molar-refractivity contribution in [2.24, 2.45) is 0 Å². The van der Waals surface area contributed by atoms with Gasteiger partial charge in [-0.1, -0.05) is 59.3 Å². The Bertz CT molecular complexity index is 5830. The molecule has 0 fully saturated rings. The zero-order valence-corrected chi connectivity index (χ0v) is 95.5. The molecule has 0 radical (unpaired) electrons. The largest absolute Gasteiger partial charge is 0.497 e. The van der Waals surface area contributed by atoms with Gasteiger partial charge in [0.05, 0.1) is 159 Å². The van der Waals surface area contributed by atoms with Crippen molar-refractivity contribution in [3.8, 4) is 17.2 Å². The molecule has 10 aromatic rings. The lowest BCUT2D eigenvalue weighted by Gasteiger charge is -2.26. The van der Waals surface area contributed by atoms with E-state index in [0.29, 0.717) is 126 Å². The highest BCUT2D eigenvalue weighted by molar-refractivity contribution is 7.19. The Hall–Kier alpha value is -12.3. The molecule has 10 rings (SSSR count). The third-order valence-corrected chi connectivity index (χ3v) is 24.8. The maximum Gasteiger partial charge on any atom is 0.416 e. The van der Waals surface area contributed by atoms with Gasteiger partial charge in [0.1, 0.15) is 65.2 Å². The first kappa shape index (κ1) is 127. The molecule has 0 spiro atoms. The van der Waals surface area contributed by atoms with Crippen LogP contribution in [0, 0.1) is 0 Å². The molecular weight excluding hydrogens is 2060 g/mol. The van der Waals surface area contributed by atoms with Crippen molar-refractivity contribution in [2.45, 2.75) is 270 Å². The van der Waals surface area contributed by atoms with Crippen molar-refractivity contribution in [2.75, 3.05) is 99.5 Å². The highest BCUT2D eigenvalue weighted by atomic mass is 35.5. The molecule has 1 unspecified atom stereocenters. The summed E-state index contributed by atoms with van der Waals surface area (Å²) in [4.78, 5) is 166. The minimum absolute atomic E-state index is 0.0645. The van der Waals surface area contributed by atoms with Crippen LogP contribution in [0.5, 0.6) is 17.2 Å². The summed E-state index contributed by atoms with van der Waals surface area (Å²) in [6, 6.07) is 22.3. The highest BCUT2D eigenvalue weighted by Crippen LogP contribution is 2.38. The topological polar surface area (TPSA) is 495 Å². The van der Waals surface area contributed by atoms with Gasteiger partial charge in [-0.25, -0.2) is 64.0 Å². The highest BCUT2D eigenvalue weighted by Gasteiger charge is 2.40. The van der Waals surface area contributed by atoms with Gasteiger partial charge >= 0.3 is 66.0 Å². The average Bonchev–Trinajstić information content (AvgIpc) is 1.68. The van der Waals surface area contributed by atoms with E-state index in [4.69, 9.17) is 95.1 Å². The number of aromatic nitrogens is 7.